The molecule has 0 atom stereocenters. The molecule has 0 aliphatic heterocycles. The summed E-state index contributed by atoms with van der Waals surface area (Å²) in [6.07, 6.45) is 2.67. The van der Waals surface area contributed by atoms with E-state index in [1.165, 1.54) is 0 Å². The van der Waals surface area contributed by atoms with Crippen molar-refractivity contribution in [1.82, 2.24) is 14.8 Å². The highest BCUT2D eigenvalue weighted by Gasteiger charge is 2.08. The van der Waals surface area contributed by atoms with E-state index < -0.39 is 5.97 Å². The summed E-state index contributed by atoms with van der Waals surface area (Å²) in [4.78, 5) is 19.2. The topological polar surface area (TPSA) is 56.7 Å². The van der Waals surface area contributed by atoms with Gasteiger partial charge in [-0.25, -0.2) is 9.78 Å². The number of carboxylic acid groups (broad SMARTS) is 1. The van der Waals surface area contributed by atoms with Crippen molar-refractivity contribution in [1.29, 1.82) is 0 Å². The first-order chi connectivity index (χ1) is 9.02. The fraction of sp³-hybridized carbons (Fsp3) is 0.571. The van der Waals surface area contributed by atoms with Gasteiger partial charge in [-0.1, -0.05) is 6.92 Å². The van der Waals surface area contributed by atoms with Gasteiger partial charge in [0, 0.05) is 12.7 Å². The van der Waals surface area contributed by atoms with Gasteiger partial charge < -0.3 is 10.0 Å². The van der Waals surface area contributed by atoms with Crippen LogP contribution in [0.4, 0.5) is 0 Å². The van der Waals surface area contributed by atoms with Gasteiger partial charge in [-0.2, -0.15) is 0 Å². The van der Waals surface area contributed by atoms with Crippen LogP contribution in [0.3, 0.4) is 0 Å². The van der Waals surface area contributed by atoms with E-state index >= 15 is 0 Å². The first kappa shape index (κ1) is 15.6. The highest BCUT2D eigenvalue weighted by Crippen LogP contribution is 2.07. The minimum atomic E-state index is -0.975. The van der Waals surface area contributed by atoms with Gasteiger partial charge in [-0.3, -0.25) is 4.90 Å². The van der Waals surface area contributed by atoms with E-state index in [0.29, 0.717) is 0 Å². The van der Waals surface area contributed by atoms with E-state index in [0.717, 1.165) is 38.2 Å². The van der Waals surface area contributed by atoms with Crippen LogP contribution in [0.5, 0.6) is 0 Å². The molecule has 106 valence electrons. The van der Waals surface area contributed by atoms with Crippen molar-refractivity contribution in [2.45, 2.75) is 19.9 Å². The number of aromatic carboxylic acids is 1. The number of carbonyl (C=O) groups is 1. The molecule has 0 unspecified atom stereocenters. The van der Waals surface area contributed by atoms with Crippen molar-refractivity contribution < 1.29 is 9.90 Å². The standard InChI is InChI=1S/C14H23N3O2/c1-4-17(9-5-8-16(2)3)11-12-6-7-15-13(10-12)14(18)19/h6-7,10H,4-5,8-9,11H2,1-3H3,(H,18,19). The minimum Gasteiger partial charge on any atom is -0.477 e. The molecule has 0 aliphatic rings. The largest absolute Gasteiger partial charge is 0.477 e. The molecule has 0 saturated heterocycles. The van der Waals surface area contributed by atoms with Crippen molar-refractivity contribution in [3.63, 3.8) is 0 Å². The molecule has 0 aromatic carbocycles. The molecule has 1 heterocycles. The van der Waals surface area contributed by atoms with E-state index in [-0.39, 0.29) is 5.69 Å². The smallest absolute Gasteiger partial charge is 0.354 e. The normalized spacial score (nSPS) is 11.2. The number of pyridine rings is 1. The summed E-state index contributed by atoms with van der Waals surface area (Å²) in [5.74, 6) is -0.975. The predicted molar refractivity (Wildman–Crippen MR) is 75.3 cm³/mol. The van der Waals surface area contributed by atoms with Crippen LogP contribution in [0.15, 0.2) is 18.3 Å². The molecule has 0 aliphatic carbocycles. The maximum Gasteiger partial charge on any atom is 0.354 e. The third-order valence-corrected chi connectivity index (χ3v) is 2.98. The lowest BCUT2D eigenvalue weighted by molar-refractivity contribution is 0.0690. The second kappa shape index (κ2) is 7.86. The van der Waals surface area contributed by atoms with Crippen LogP contribution < -0.4 is 0 Å². The second-order valence-electron chi connectivity index (χ2n) is 4.88. The van der Waals surface area contributed by atoms with Crippen molar-refractivity contribution in [3.05, 3.63) is 29.6 Å². The van der Waals surface area contributed by atoms with Crippen molar-refractivity contribution >= 4 is 5.97 Å². The maximum absolute atomic E-state index is 10.9. The zero-order chi connectivity index (χ0) is 14.3. The van der Waals surface area contributed by atoms with Gasteiger partial charge in [0.2, 0.25) is 0 Å². The number of aromatic nitrogens is 1. The third kappa shape index (κ3) is 5.81. The fourth-order valence-corrected chi connectivity index (χ4v) is 1.91. The molecule has 0 bridgehead atoms. The molecule has 1 N–H and O–H groups in total. The monoisotopic (exact) mass is 265 g/mol. The Morgan fingerprint density at radius 1 is 1.37 bits per heavy atom. The van der Waals surface area contributed by atoms with Crippen LogP contribution in [0.25, 0.3) is 0 Å². The lowest BCUT2D eigenvalue weighted by Gasteiger charge is -2.21. The first-order valence-corrected chi connectivity index (χ1v) is 6.58. The summed E-state index contributed by atoms with van der Waals surface area (Å²) in [6, 6.07) is 3.53. The Labute approximate surface area is 114 Å². The second-order valence-corrected chi connectivity index (χ2v) is 4.88. The molecule has 5 nitrogen and oxygen atoms in total. The molecule has 0 radical (unpaired) electrons. The number of carboxylic acids is 1. The van der Waals surface area contributed by atoms with Crippen LogP contribution in [0.1, 0.15) is 29.4 Å². The van der Waals surface area contributed by atoms with Gasteiger partial charge >= 0.3 is 5.97 Å². The van der Waals surface area contributed by atoms with E-state index in [1.807, 2.05) is 6.07 Å². The average molecular weight is 265 g/mol. The molecule has 1 aromatic heterocycles. The van der Waals surface area contributed by atoms with Gasteiger partial charge in [0.05, 0.1) is 0 Å². The number of hydrogen-bond donors (Lipinski definition) is 1. The first-order valence-electron chi connectivity index (χ1n) is 6.58. The maximum atomic E-state index is 10.9. The third-order valence-electron chi connectivity index (χ3n) is 2.98. The summed E-state index contributed by atoms with van der Waals surface area (Å²) in [6.45, 7) is 5.92. The van der Waals surface area contributed by atoms with Crippen LogP contribution in [0.2, 0.25) is 0 Å². The van der Waals surface area contributed by atoms with Gasteiger partial charge in [0.25, 0.3) is 0 Å². The zero-order valence-corrected chi connectivity index (χ0v) is 12.0. The molecule has 1 aromatic rings. The fourth-order valence-electron chi connectivity index (χ4n) is 1.91. The van der Waals surface area contributed by atoms with Gasteiger partial charge in [0.15, 0.2) is 0 Å². The lowest BCUT2D eigenvalue weighted by atomic mass is 10.2. The summed E-state index contributed by atoms with van der Waals surface area (Å²) >= 11 is 0. The Hall–Kier alpha value is -1.46. The van der Waals surface area contributed by atoms with Crippen LogP contribution in [0, 0.1) is 0 Å². The Kier molecular flexibility index (Phi) is 6.45. The van der Waals surface area contributed by atoms with E-state index in [9.17, 15) is 4.79 Å². The Balaban J connectivity index is 2.55. The molecular formula is C14H23N3O2. The zero-order valence-electron chi connectivity index (χ0n) is 12.0. The van der Waals surface area contributed by atoms with Crippen LogP contribution >= 0.6 is 0 Å². The highest BCUT2D eigenvalue weighted by molar-refractivity contribution is 5.85. The van der Waals surface area contributed by atoms with Crippen molar-refractivity contribution in [2.75, 3.05) is 33.7 Å². The molecule has 0 amide bonds. The molecule has 1 rings (SSSR count). The Morgan fingerprint density at radius 2 is 2.11 bits per heavy atom. The van der Waals surface area contributed by atoms with E-state index in [2.05, 4.69) is 35.8 Å². The average Bonchev–Trinajstić information content (AvgIpc) is 2.37. The summed E-state index contributed by atoms with van der Waals surface area (Å²) in [5, 5.41) is 8.92. The molecule has 0 fully saturated rings. The summed E-state index contributed by atoms with van der Waals surface area (Å²) < 4.78 is 0. The Bertz CT molecular complexity index is 407. The Morgan fingerprint density at radius 3 is 2.68 bits per heavy atom. The molecule has 0 spiro atoms. The number of nitrogens with zero attached hydrogens (tertiary/aromatic N) is 3. The van der Waals surface area contributed by atoms with Crippen molar-refractivity contribution in [3.8, 4) is 0 Å². The number of rotatable bonds is 8. The highest BCUT2D eigenvalue weighted by atomic mass is 16.4. The van der Waals surface area contributed by atoms with E-state index in [4.69, 9.17) is 5.11 Å². The summed E-state index contributed by atoms with van der Waals surface area (Å²) in [5.41, 5.74) is 1.11. The predicted octanol–water partition coefficient (Wildman–Crippen LogP) is 1.55. The molecule has 5 heteroatoms. The quantitative estimate of drug-likeness (QED) is 0.773. The van der Waals surface area contributed by atoms with Crippen LogP contribution in [-0.2, 0) is 6.54 Å². The lowest BCUT2D eigenvalue weighted by Crippen LogP contribution is -2.27. The van der Waals surface area contributed by atoms with Crippen LogP contribution in [-0.4, -0.2) is 59.6 Å². The molecular weight excluding hydrogens is 242 g/mol. The SMILES string of the molecule is CCN(CCCN(C)C)Cc1ccnc(C(=O)O)c1. The van der Waals surface area contributed by atoms with Gasteiger partial charge in [0.1, 0.15) is 5.69 Å². The molecule has 19 heavy (non-hydrogen) atoms. The summed E-state index contributed by atoms with van der Waals surface area (Å²) in [7, 11) is 4.14. The van der Waals surface area contributed by atoms with Gasteiger partial charge in [-0.05, 0) is 57.8 Å². The van der Waals surface area contributed by atoms with E-state index in [1.54, 1.807) is 12.3 Å². The molecule has 0 saturated carbocycles. The van der Waals surface area contributed by atoms with Crippen molar-refractivity contribution in [2.24, 2.45) is 0 Å². The number of hydrogen-bond acceptors (Lipinski definition) is 4. The van der Waals surface area contributed by atoms with Gasteiger partial charge in [-0.15, -0.1) is 0 Å². The minimum absolute atomic E-state index is 0.113.